The Morgan fingerprint density at radius 3 is 2.75 bits per heavy atom. The minimum absolute atomic E-state index is 0.838. The second-order valence-corrected chi connectivity index (χ2v) is 2.53. The molecule has 3 heteroatoms. The summed E-state index contributed by atoms with van der Waals surface area (Å²) in [4.78, 5) is 0. The molecule has 1 nitrogen and oxygen atoms in total. The van der Waals surface area contributed by atoms with E-state index in [9.17, 15) is 4.70 Å². The third-order valence-corrected chi connectivity index (χ3v) is 1.95. The van der Waals surface area contributed by atoms with Crippen LogP contribution in [-0.4, -0.2) is 7.15 Å². The van der Waals surface area contributed by atoms with Crippen LogP contribution in [0.4, 0.5) is 0 Å². The predicted molar refractivity (Wildman–Crippen MR) is 35.1 cm³/mol. The Kier molecular flexibility index (Phi) is 1.58. The second-order valence-electron chi connectivity index (χ2n) is 1.59. The SMILES string of the molecule is Cc1ccsc1B=O. The summed E-state index contributed by atoms with van der Waals surface area (Å²) in [7, 11) is 0.889. The van der Waals surface area contributed by atoms with Crippen molar-refractivity contribution in [3.63, 3.8) is 0 Å². The quantitative estimate of drug-likeness (QED) is 0.504. The second kappa shape index (κ2) is 2.22. The van der Waals surface area contributed by atoms with Crippen molar-refractivity contribution in [2.75, 3.05) is 0 Å². The molecule has 1 rings (SSSR count). The molecule has 1 heterocycles. The van der Waals surface area contributed by atoms with E-state index < -0.39 is 0 Å². The zero-order valence-corrected chi connectivity index (χ0v) is 5.37. The molecule has 0 N–H and O–H groups in total. The van der Waals surface area contributed by atoms with Crippen molar-refractivity contribution in [3.05, 3.63) is 17.0 Å². The molecule has 0 bridgehead atoms. The fourth-order valence-electron chi connectivity index (χ4n) is 0.505. The van der Waals surface area contributed by atoms with Gasteiger partial charge in [0, 0.05) is 0 Å². The van der Waals surface area contributed by atoms with E-state index in [1.165, 1.54) is 11.3 Å². The molecule has 0 fully saturated rings. The molecule has 0 saturated carbocycles. The van der Waals surface area contributed by atoms with Crippen LogP contribution in [0, 0.1) is 6.92 Å². The number of hydrogen-bond donors (Lipinski definition) is 0. The van der Waals surface area contributed by atoms with E-state index in [1.54, 1.807) is 0 Å². The summed E-state index contributed by atoms with van der Waals surface area (Å²) in [5.74, 6) is 0. The van der Waals surface area contributed by atoms with E-state index in [0.29, 0.717) is 0 Å². The van der Waals surface area contributed by atoms with E-state index in [-0.39, 0.29) is 0 Å². The van der Waals surface area contributed by atoms with Crippen molar-refractivity contribution in [1.82, 2.24) is 0 Å². The van der Waals surface area contributed by atoms with Crippen molar-refractivity contribution < 1.29 is 4.70 Å². The third kappa shape index (κ3) is 0.867. The van der Waals surface area contributed by atoms with Gasteiger partial charge in [-0.15, -0.1) is 0 Å². The van der Waals surface area contributed by atoms with Crippen LogP contribution < -0.4 is 4.78 Å². The molecule has 0 aromatic carbocycles. The van der Waals surface area contributed by atoms with E-state index in [2.05, 4.69) is 0 Å². The monoisotopic (exact) mass is 124 g/mol. The van der Waals surface area contributed by atoms with Crippen LogP contribution >= 0.6 is 11.3 Å². The molecule has 0 spiro atoms. The van der Waals surface area contributed by atoms with Gasteiger partial charge in [0.15, 0.2) is 0 Å². The zero-order valence-electron chi connectivity index (χ0n) is 4.55. The van der Waals surface area contributed by atoms with Gasteiger partial charge in [0.05, 0.1) is 0 Å². The number of thiophene rings is 1. The van der Waals surface area contributed by atoms with Crippen molar-refractivity contribution in [2.24, 2.45) is 0 Å². The van der Waals surface area contributed by atoms with Gasteiger partial charge in [-0.1, -0.05) is 0 Å². The molecule has 0 radical (unpaired) electrons. The summed E-state index contributed by atoms with van der Waals surface area (Å²) in [5, 5.41) is 1.92. The first kappa shape index (κ1) is 5.70. The van der Waals surface area contributed by atoms with Gasteiger partial charge < -0.3 is 0 Å². The fraction of sp³-hybridized carbons (Fsp3) is 0.200. The first-order valence-corrected chi connectivity index (χ1v) is 3.22. The van der Waals surface area contributed by atoms with Gasteiger partial charge in [0.1, 0.15) is 0 Å². The van der Waals surface area contributed by atoms with Crippen LogP contribution in [0.15, 0.2) is 11.4 Å². The molecule has 0 aliphatic carbocycles. The molecule has 0 aliphatic rings. The zero-order chi connectivity index (χ0) is 5.98. The van der Waals surface area contributed by atoms with Crippen LogP contribution in [0.3, 0.4) is 0 Å². The van der Waals surface area contributed by atoms with Crippen molar-refractivity contribution in [1.29, 1.82) is 0 Å². The van der Waals surface area contributed by atoms with E-state index >= 15 is 0 Å². The Morgan fingerprint density at radius 2 is 2.50 bits per heavy atom. The average molecular weight is 124 g/mol. The summed E-state index contributed by atoms with van der Waals surface area (Å²) in [6.45, 7) is 1.93. The maximum atomic E-state index is 10.1. The van der Waals surface area contributed by atoms with Crippen LogP contribution in [-0.2, 0) is 4.70 Å². The van der Waals surface area contributed by atoms with Gasteiger partial charge in [0.2, 0.25) is 0 Å². The van der Waals surface area contributed by atoms with Crippen molar-refractivity contribution in [2.45, 2.75) is 6.92 Å². The Morgan fingerprint density at radius 1 is 1.75 bits per heavy atom. The van der Waals surface area contributed by atoms with Crippen molar-refractivity contribution >= 4 is 23.3 Å². The third-order valence-electron chi connectivity index (χ3n) is 1.01. The Bertz CT molecular complexity index is 194. The molecule has 8 heavy (non-hydrogen) atoms. The van der Waals surface area contributed by atoms with Gasteiger partial charge in [-0.05, 0) is 0 Å². The molecule has 0 atom stereocenters. The first-order chi connectivity index (χ1) is 3.84. The van der Waals surface area contributed by atoms with Gasteiger partial charge in [0.25, 0.3) is 0 Å². The average Bonchev–Trinajstić information content (AvgIpc) is 2.14. The molecule has 0 unspecified atom stereocenters. The minimum atomic E-state index is 0.838. The molecular formula is C5H5BOS. The maximum absolute atomic E-state index is 10.1. The van der Waals surface area contributed by atoms with E-state index in [1.807, 2.05) is 18.4 Å². The normalized spacial score (nSPS) is 8.62. The molecule has 40 valence electrons. The molecule has 0 amide bonds. The molecular weight excluding hydrogens is 119 g/mol. The molecule has 0 saturated heterocycles. The summed E-state index contributed by atoms with van der Waals surface area (Å²) in [5.41, 5.74) is 1.07. The Balaban J connectivity index is 3.09. The van der Waals surface area contributed by atoms with Crippen LogP contribution in [0.5, 0.6) is 0 Å². The molecule has 1 aromatic rings. The van der Waals surface area contributed by atoms with E-state index in [4.69, 9.17) is 0 Å². The first-order valence-electron chi connectivity index (χ1n) is 2.34. The van der Waals surface area contributed by atoms with Gasteiger partial charge in [-0.2, -0.15) is 0 Å². The fourth-order valence-corrected chi connectivity index (χ4v) is 1.23. The van der Waals surface area contributed by atoms with Gasteiger partial charge >= 0.3 is 51.9 Å². The Labute approximate surface area is 52.6 Å². The number of hydrogen-bond acceptors (Lipinski definition) is 2. The summed E-state index contributed by atoms with van der Waals surface area (Å²) in [6, 6.07) is 1.94. The van der Waals surface area contributed by atoms with Crippen LogP contribution in [0.1, 0.15) is 5.56 Å². The summed E-state index contributed by atoms with van der Waals surface area (Å²) >= 11 is 1.48. The van der Waals surface area contributed by atoms with Gasteiger partial charge in [-0.3, -0.25) is 0 Å². The summed E-state index contributed by atoms with van der Waals surface area (Å²) in [6.07, 6.45) is 0. The standard InChI is InChI=1S/C5H5BOS/c1-4-2-3-8-5(4)6-7/h2-3H,1H3. The molecule has 0 aliphatic heterocycles. The van der Waals surface area contributed by atoms with Crippen molar-refractivity contribution in [3.8, 4) is 0 Å². The van der Waals surface area contributed by atoms with Crippen LogP contribution in [0.25, 0.3) is 0 Å². The summed E-state index contributed by atoms with van der Waals surface area (Å²) < 4.78 is 10.9. The number of aryl methyl sites for hydroxylation is 1. The molecule has 1 aromatic heterocycles. The van der Waals surface area contributed by atoms with Gasteiger partial charge in [-0.25, -0.2) is 0 Å². The Hall–Kier alpha value is -0.435. The van der Waals surface area contributed by atoms with E-state index in [0.717, 1.165) is 17.5 Å². The van der Waals surface area contributed by atoms with Crippen LogP contribution in [0.2, 0.25) is 0 Å². The topological polar surface area (TPSA) is 17.1 Å². The number of rotatable bonds is 1. The predicted octanol–water partition coefficient (Wildman–Crippen LogP) is 0.732.